The van der Waals surface area contributed by atoms with Gasteiger partial charge in [0.25, 0.3) is 5.91 Å². The average Bonchev–Trinajstić information content (AvgIpc) is 2.66. The van der Waals surface area contributed by atoms with Gasteiger partial charge in [0.2, 0.25) is 5.88 Å². The van der Waals surface area contributed by atoms with Crippen LogP contribution in [0.4, 0.5) is 0 Å². The van der Waals surface area contributed by atoms with Gasteiger partial charge in [-0.05, 0) is 5.92 Å². The number of ether oxygens (including phenoxy) is 1. The molecule has 0 aliphatic carbocycles. The molecule has 0 saturated heterocycles. The monoisotopic (exact) mass is 241 g/mol. The lowest BCUT2D eigenvalue weighted by molar-refractivity contribution is 0.0891. The van der Waals surface area contributed by atoms with Gasteiger partial charge in [0.1, 0.15) is 0 Å². The van der Waals surface area contributed by atoms with E-state index in [1.54, 1.807) is 13.1 Å². The number of hydrogen-bond acceptors (Lipinski definition) is 4. The zero-order valence-corrected chi connectivity index (χ0v) is 10.6. The summed E-state index contributed by atoms with van der Waals surface area (Å²) in [6, 6.07) is 1.29. The fourth-order valence-corrected chi connectivity index (χ4v) is 1.42. The molecule has 1 atom stereocenters. The van der Waals surface area contributed by atoms with Crippen LogP contribution >= 0.6 is 0 Å². The molecule has 0 bridgehead atoms. The Morgan fingerprint density at radius 3 is 2.71 bits per heavy atom. The topological polar surface area (TPSA) is 76.4 Å². The van der Waals surface area contributed by atoms with Crippen molar-refractivity contribution in [2.75, 3.05) is 13.7 Å². The van der Waals surface area contributed by atoms with Gasteiger partial charge in [-0.25, -0.2) is 4.68 Å². The second-order valence-corrected chi connectivity index (χ2v) is 4.20. The van der Waals surface area contributed by atoms with Crippen molar-refractivity contribution in [2.24, 2.45) is 13.0 Å². The molecule has 6 heteroatoms. The minimum atomic E-state index is -0.309. The number of aromatic nitrogens is 2. The highest BCUT2D eigenvalue weighted by Gasteiger charge is 2.19. The van der Waals surface area contributed by atoms with Gasteiger partial charge in [-0.3, -0.25) is 4.79 Å². The van der Waals surface area contributed by atoms with Gasteiger partial charge in [0, 0.05) is 13.1 Å². The number of aliphatic hydroxyl groups is 1. The van der Waals surface area contributed by atoms with E-state index in [9.17, 15) is 4.79 Å². The molecule has 0 spiro atoms. The van der Waals surface area contributed by atoms with E-state index in [0.717, 1.165) is 0 Å². The van der Waals surface area contributed by atoms with Gasteiger partial charge in [0.05, 0.1) is 19.8 Å². The average molecular weight is 241 g/mol. The van der Waals surface area contributed by atoms with E-state index < -0.39 is 0 Å². The van der Waals surface area contributed by atoms with Crippen molar-refractivity contribution < 1.29 is 14.6 Å². The Morgan fingerprint density at radius 1 is 1.65 bits per heavy atom. The van der Waals surface area contributed by atoms with E-state index in [-0.39, 0.29) is 30.2 Å². The summed E-state index contributed by atoms with van der Waals surface area (Å²) < 4.78 is 6.51. The number of aryl methyl sites for hydroxylation is 1. The maximum absolute atomic E-state index is 11.8. The van der Waals surface area contributed by atoms with Crippen LogP contribution in [-0.4, -0.2) is 40.6 Å². The molecule has 2 N–H and O–H groups in total. The number of hydrogen-bond donors (Lipinski definition) is 2. The Hall–Kier alpha value is -1.56. The predicted molar refractivity (Wildman–Crippen MR) is 62.9 cm³/mol. The highest BCUT2D eigenvalue weighted by atomic mass is 16.5. The zero-order valence-electron chi connectivity index (χ0n) is 10.6. The van der Waals surface area contributed by atoms with Gasteiger partial charge in [-0.2, -0.15) is 5.10 Å². The summed E-state index contributed by atoms with van der Waals surface area (Å²) in [5.41, 5.74) is 0.281. The van der Waals surface area contributed by atoms with Crippen molar-refractivity contribution in [3.05, 3.63) is 11.8 Å². The Balaban J connectivity index is 2.75. The normalized spacial score (nSPS) is 12.6. The van der Waals surface area contributed by atoms with Crippen molar-refractivity contribution in [1.82, 2.24) is 15.1 Å². The van der Waals surface area contributed by atoms with Crippen LogP contribution in [0.5, 0.6) is 5.88 Å². The van der Waals surface area contributed by atoms with Gasteiger partial charge >= 0.3 is 0 Å². The Bertz CT molecular complexity index is 387. The van der Waals surface area contributed by atoms with Gasteiger partial charge in [0.15, 0.2) is 5.69 Å². The predicted octanol–water partition coefficient (Wildman–Crippen LogP) is 0.175. The van der Waals surface area contributed by atoms with E-state index in [1.165, 1.54) is 11.8 Å². The molecule has 6 nitrogen and oxygen atoms in total. The second kappa shape index (κ2) is 5.67. The zero-order chi connectivity index (χ0) is 13.0. The maximum atomic E-state index is 11.8. The van der Waals surface area contributed by atoms with Crippen LogP contribution in [0.2, 0.25) is 0 Å². The molecule has 1 aromatic heterocycles. The highest BCUT2D eigenvalue weighted by molar-refractivity contribution is 5.92. The fourth-order valence-electron chi connectivity index (χ4n) is 1.42. The summed E-state index contributed by atoms with van der Waals surface area (Å²) in [6.45, 7) is 3.77. The quantitative estimate of drug-likeness (QED) is 0.770. The molecular formula is C11H19N3O3. The summed E-state index contributed by atoms with van der Waals surface area (Å²) in [5.74, 6) is 0.367. The number of aliphatic hydroxyl groups excluding tert-OH is 1. The number of carbonyl (C=O) groups excluding carboxylic acids is 1. The molecule has 96 valence electrons. The van der Waals surface area contributed by atoms with Gasteiger partial charge < -0.3 is 15.2 Å². The first-order chi connectivity index (χ1) is 7.99. The van der Waals surface area contributed by atoms with Gasteiger partial charge in [-0.15, -0.1) is 0 Å². The van der Waals surface area contributed by atoms with Crippen LogP contribution in [-0.2, 0) is 7.05 Å². The number of carbonyl (C=O) groups is 1. The Kier molecular flexibility index (Phi) is 4.51. The number of rotatable bonds is 5. The Labute approximate surface area is 101 Å². The molecule has 1 rings (SSSR count). The maximum Gasteiger partial charge on any atom is 0.272 e. The molecule has 0 aromatic carbocycles. The van der Waals surface area contributed by atoms with E-state index in [4.69, 9.17) is 9.84 Å². The van der Waals surface area contributed by atoms with Crippen molar-refractivity contribution in [2.45, 2.75) is 19.9 Å². The highest BCUT2D eigenvalue weighted by Crippen LogP contribution is 2.11. The largest absolute Gasteiger partial charge is 0.481 e. The summed E-state index contributed by atoms with van der Waals surface area (Å²) in [7, 11) is 3.21. The van der Waals surface area contributed by atoms with Crippen LogP contribution in [0.1, 0.15) is 24.3 Å². The second-order valence-electron chi connectivity index (χ2n) is 4.20. The molecule has 17 heavy (non-hydrogen) atoms. The molecule has 1 aromatic rings. The van der Waals surface area contributed by atoms with Crippen LogP contribution in [0.25, 0.3) is 0 Å². The summed E-state index contributed by atoms with van der Waals surface area (Å²) in [4.78, 5) is 11.8. The molecular weight excluding hydrogens is 222 g/mol. The van der Waals surface area contributed by atoms with Gasteiger partial charge in [-0.1, -0.05) is 13.8 Å². The first-order valence-corrected chi connectivity index (χ1v) is 5.49. The molecule has 0 aliphatic rings. The SMILES string of the molecule is COc1cc(C(=O)N[C@H](CO)C(C)C)nn1C. The van der Waals surface area contributed by atoms with Crippen molar-refractivity contribution in [1.29, 1.82) is 0 Å². The minimum absolute atomic E-state index is 0.0899. The molecule has 0 saturated carbocycles. The number of nitrogens with one attached hydrogen (secondary N) is 1. The fraction of sp³-hybridized carbons (Fsp3) is 0.636. The van der Waals surface area contributed by atoms with Crippen molar-refractivity contribution in [3.8, 4) is 5.88 Å². The molecule has 1 amide bonds. The lowest BCUT2D eigenvalue weighted by atomic mass is 10.1. The third kappa shape index (κ3) is 3.20. The Morgan fingerprint density at radius 2 is 2.29 bits per heavy atom. The van der Waals surface area contributed by atoms with Crippen LogP contribution in [0.3, 0.4) is 0 Å². The standard InChI is InChI=1S/C11H19N3O3/c1-7(2)9(6-15)12-11(16)8-5-10(17-4)14(3)13-8/h5,7,9,15H,6H2,1-4H3,(H,12,16)/t9-/m1/s1. The lowest BCUT2D eigenvalue weighted by Crippen LogP contribution is -2.41. The molecule has 0 unspecified atom stereocenters. The number of nitrogens with zero attached hydrogens (tertiary/aromatic N) is 2. The third-order valence-corrected chi connectivity index (χ3v) is 2.60. The molecule has 0 aliphatic heterocycles. The number of amides is 1. The summed E-state index contributed by atoms with van der Waals surface area (Å²) >= 11 is 0. The third-order valence-electron chi connectivity index (χ3n) is 2.60. The van der Waals surface area contributed by atoms with Crippen LogP contribution < -0.4 is 10.1 Å². The summed E-state index contributed by atoms with van der Waals surface area (Å²) in [6.07, 6.45) is 0. The van der Waals surface area contributed by atoms with Crippen molar-refractivity contribution in [3.63, 3.8) is 0 Å². The van der Waals surface area contributed by atoms with Crippen LogP contribution in [0.15, 0.2) is 6.07 Å². The molecule has 0 fully saturated rings. The van der Waals surface area contributed by atoms with E-state index >= 15 is 0 Å². The summed E-state index contributed by atoms with van der Waals surface area (Å²) in [5, 5.41) is 15.9. The van der Waals surface area contributed by atoms with E-state index in [0.29, 0.717) is 5.88 Å². The van der Waals surface area contributed by atoms with Crippen LogP contribution in [0, 0.1) is 5.92 Å². The van der Waals surface area contributed by atoms with E-state index in [1.807, 2.05) is 13.8 Å². The van der Waals surface area contributed by atoms with Crippen molar-refractivity contribution >= 4 is 5.91 Å². The smallest absolute Gasteiger partial charge is 0.272 e. The first kappa shape index (κ1) is 13.5. The minimum Gasteiger partial charge on any atom is -0.481 e. The molecule has 1 heterocycles. The number of methoxy groups -OCH3 is 1. The lowest BCUT2D eigenvalue weighted by Gasteiger charge is -2.18. The van der Waals surface area contributed by atoms with E-state index in [2.05, 4.69) is 10.4 Å². The molecule has 0 radical (unpaired) electrons. The first-order valence-electron chi connectivity index (χ1n) is 5.49.